The van der Waals surface area contributed by atoms with Crippen LogP contribution in [0.5, 0.6) is 0 Å². The second kappa shape index (κ2) is 9.53. The van der Waals surface area contributed by atoms with Crippen LogP contribution in [0.4, 0.5) is 0 Å². The monoisotopic (exact) mass is 396 g/mol. The van der Waals surface area contributed by atoms with Crippen LogP contribution in [-0.4, -0.2) is 27.0 Å². The second-order valence-electron chi connectivity index (χ2n) is 8.26. The summed E-state index contributed by atoms with van der Waals surface area (Å²) in [6.45, 7) is 16.3. The molecular weight excluding hydrogens is 364 g/mol. The van der Waals surface area contributed by atoms with E-state index in [1.165, 1.54) is 10.4 Å². The molecule has 0 aromatic heterocycles. The van der Waals surface area contributed by atoms with Gasteiger partial charge in [-0.2, -0.15) is 0 Å². The van der Waals surface area contributed by atoms with E-state index in [-0.39, 0.29) is 16.9 Å². The van der Waals surface area contributed by atoms with Crippen LogP contribution in [0.15, 0.2) is 60.7 Å². The summed E-state index contributed by atoms with van der Waals surface area (Å²) in [6, 6.07) is 21.0. The Morgan fingerprint density at radius 1 is 0.964 bits per heavy atom. The SMILES string of the molecule is [CH2]C([CH2])OC(=O)C(C)CCO[Si](c1ccccc1)(c1ccccc1)C(C)(C)C. The van der Waals surface area contributed by atoms with Crippen molar-refractivity contribution in [3.63, 3.8) is 0 Å². The molecule has 2 aromatic carbocycles. The molecule has 2 radical (unpaired) electrons. The van der Waals surface area contributed by atoms with Crippen molar-refractivity contribution in [1.82, 2.24) is 0 Å². The number of hydrogen-bond donors (Lipinski definition) is 0. The normalized spacial score (nSPS) is 13.4. The Morgan fingerprint density at radius 2 is 1.43 bits per heavy atom. The summed E-state index contributed by atoms with van der Waals surface area (Å²) in [5.74, 6) is -0.537. The van der Waals surface area contributed by atoms with E-state index in [0.29, 0.717) is 13.0 Å². The molecule has 0 saturated carbocycles. The van der Waals surface area contributed by atoms with Crippen molar-refractivity contribution in [2.45, 2.75) is 45.3 Å². The summed E-state index contributed by atoms with van der Waals surface area (Å²) in [4.78, 5) is 12.1. The highest BCUT2D eigenvalue weighted by molar-refractivity contribution is 6.99. The number of ether oxygens (including phenoxy) is 1. The maximum Gasteiger partial charge on any atom is 0.309 e. The van der Waals surface area contributed by atoms with Gasteiger partial charge in [-0.15, -0.1) is 0 Å². The minimum Gasteiger partial charge on any atom is -0.462 e. The van der Waals surface area contributed by atoms with Crippen molar-refractivity contribution < 1.29 is 14.0 Å². The predicted molar refractivity (Wildman–Crippen MR) is 118 cm³/mol. The third-order valence-electron chi connectivity index (χ3n) is 4.97. The van der Waals surface area contributed by atoms with Crippen LogP contribution in [0, 0.1) is 19.8 Å². The number of hydrogen-bond acceptors (Lipinski definition) is 3. The highest BCUT2D eigenvalue weighted by Crippen LogP contribution is 2.36. The van der Waals surface area contributed by atoms with Crippen molar-refractivity contribution in [3.8, 4) is 0 Å². The van der Waals surface area contributed by atoms with Gasteiger partial charge in [0.2, 0.25) is 0 Å². The number of rotatable bonds is 8. The molecule has 2 rings (SSSR count). The lowest BCUT2D eigenvalue weighted by atomic mass is 10.1. The van der Waals surface area contributed by atoms with Gasteiger partial charge in [-0.3, -0.25) is 4.79 Å². The topological polar surface area (TPSA) is 35.5 Å². The molecule has 0 spiro atoms. The van der Waals surface area contributed by atoms with Gasteiger partial charge in [0.25, 0.3) is 8.32 Å². The molecule has 28 heavy (non-hydrogen) atoms. The zero-order chi connectivity index (χ0) is 20.8. The van der Waals surface area contributed by atoms with Gasteiger partial charge in [0, 0.05) is 6.61 Å². The lowest BCUT2D eigenvalue weighted by Gasteiger charge is -2.43. The molecule has 150 valence electrons. The van der Waals surface area contributed by atoms with E-state index < -0.39 is 14.4 Å². The van der Waals surface area contributed by atoms with Crippen molar-refractivity contribution in [3.05, 3.63) is 74.5 Å². The molecule has 0 aliphatic heterocycles. The van der Waals surface area contributed by atoms with E-state index in [2.05, 4.69) is 83.1 Å². The van der Waals surface area contributed by atoms with Gasteiger partial charge in [-0.1, -0.05) is 88.4 Å². The zero-order valence-electron chi connectivity index (χ0n) is 17.5. The minimum absolute atomic E-state index is 0.0781. The lowest BCUT2D eigenvalue weighted by Crippen LogP contribution is -2.66. The Balaban J connectivity index is 2.33. The van der Waals surface area contributed by atoms with Gasteiger partial charge in [0.1, 0.15) is 6.10 Å². The zero-order valence-corrected chi connectivity index (χ0v) is 18.5. The Bertz CT molecular complexity index is 696. The molecule has 0 bridgehead atoms. The Labute approximate surface area is 171 Å². The molecule has 0 amide bonds. The molecule has 1 unspecified atom stereocenters. The first-order valence-electron chi connectivity index (χ1n) is 9.80. The Morgan fingerprint density at radius 3 is 1.82 bits per heavy atom. The van der Waals surface area contributed by atoms with E-state index in [9.17, 15) is 4.79 Å². The third-order valence-corrected chi connectivity index (χ3v) is 10.0. The molecule has 4 heteroatoms. The molecule has 0 aliphatic carbocycles. The molecule has 1 atom stereocenters. The fourth-order valence-electron chi connectivity index (χ4n) is 3.55. The van der Waals surface area contributed by atoms with Crippen LogP contribution in [0.1, 0.15) is 34.1 Å². The summed E-state index contributed by atoms with van der Waals surface area (Å²) in [5, 5.41) is 2.39. The number of benzene rings is 2. The van der Waals surface area contributed by atoms with Gasteiger partial charge in [0.05, 0.1) is 5.92 Å². The van der Waals surface area contributed by atoms with Crippen LogP contribution in [0.25, 0.3) is 0 Å². The summed E-state index contributed by atoms with van der Waals surface area (Å²) in [6.07, 6.45) is 0.00307. The number of carbonyl (C=O) groups excluding carboxylic acids is 1. The van der Waals surface area contributed by atoms with Gasteiger partial charge in [-0.05, 0) is 35.7 Å². The Hall–Kier alpha value is -1.91. The second-order valence-corrected chi connectivity index (χ2v) is 12.6. The molecular formula is C24H32O3Si. The largest absolute Gasteiger partial charge is 0.462 e. The van der Waals surface area contributed by atoms with Crippen LogP contribution in [-0.2, 0) is 14.0 Å². The summed E-state index contributed by atoms with van der Waals surface area (Å²) in [7, 11) is -2.56. The van der Waals surface area contributed by atoms with E-state index in [4.69, 9.17) is 9.16 Å². The van der Waals surface area contributed by atoms with E-state index >= 15 is 0 Å². The van der Waals surface area contributed by atoms with Crippen LogP contribution in [0.2, 0.25) is 5.04 Å². The summed E-state index contributed by atoms with van der Waals surface area (Å²) >= 11 is 0. The van der Waals surface area contributed by atoms with Crippen molar-refractivity contribution in [1.29, 1.82) is 0 Å². The van der Waals surface area contributed by atoms with Crippen molar-refractivity contribution in [2.24, 2.45) is 5.92 Å². The average Bonchev–Trinajstić information content (AvgIpc) is 2.65. The first kappa shape index (κ1) is 22.4. The molecule has 0 N–H and O–H groups in total. The first-order chi connectivity index (χ1) is 13.2. The highest BCUT2D eigenvalue weighted by atomic mass is 28.4. The quantitative estimate of drug-likeness (QED) is 0.496. The van der Waals surface area contributed by atoms with Gasteiger partial charge in [0.15, 0.2) is 0 Å². The maximum atomic E-state index is 12.1. The molecule has 0 saturated heterocycles. The van der Waals surface area contributed by atoms with Crippen LogP contribution >= 0.6 is 0 Å². The lowest BCUT2D eigenvalue weighted by molar-refractivity contribution is -0.150. The van der Waals surface area contributed by atoms with E-state index in [0.717, 1.165) is 0 Å². The molecule has 0 heterocycles. The minimum atomic E-state index is -2.56. The number of carbonyl (C=O) groups is 1. The maximum absolute atomic E-state index is 12.1. The summed E-state index contributed by atoms with van der Waals surface area (Å²) in [5.41, 5.74) is 0. The standard InChI is InChI=1S/C24H32O3Si/c1-19(2)27-23(25)20(3)17-18-26-28(24(4,5)6,21-13-9-7-10-14-21)22-15-11-8-12-16-22/h7-16,19-20H,1-2,17-18H2,3-6H3. The average molecular weight is 397 g/mol. The van der Waals surface area contributed by atoms with Gasteiger partial charge in [-0.25, -0.2) is 0 Å². The molecule has 0 aliphatic rings. The van der Waals surface area contributed by atoms with Crippen LogP contribution < -0.4 is 10.4 Å². The summed E-state index contributed by atoms with van der Waals surface area (Å²) < 4.78 is 11.9. The van der Waals surface area contributed by atoms with E-state index in [1.54, 1.807) is 0 Å². The van der Waals surface area contributed by atoms with Crippen molar-refractivity contribution in [2.75, 3.05) is 6.61 Å². The molecule has 3 nitrogen and oxygen atoms in total. The molecule has 2 aromatic rings. The first-order valence-corrected chi connectivity index (χ1v) is 11.7. The Kier molecular flexibility index (Phi) is 7.61. The van der Waals surface area contributed by atoms with Gasteiger partial charge < -0.3 is 9.16 Å². The number of esters is 1. The predicted octanol–water partition coefficient (Wildman–Crippen LogP) is 4.17. The fourth-order valence-corrected chi connectivity index (χ4v) is 8.13. The third kappa shape index (κ3) is 5.12. The molecule has 0 fully saturated rings. The smallest absolute Gasteiger partial charge is 0.309 e. The van der Waals surface area contributed by atoms with Gasteiger partial charge >= 0.3 is 5.97 Å². The fraction of sp³-hybridized carbons (Fsp3) is 0.375. The highest BCUT2D eigenvalue weighted by Gasteiger charge is 2.50. The van der Waals surface area contributed by atoms with E-state index in [1.807, 2.05) is 19.1 Å². The van der Waals surface area contributed by atoms with Crippen LogP contribution in [0.3, 0.4) is 0 Å². The van der Waals surface area contributed by atoms with Crippen molar-refractivity contribution >= 4 is 24.7 Å².